The first-order valence-corrected chi connectivity index (χ1v) is 28.5. The van der Waals surface area contributed by atoms with Gasteiger partial charge in [-0.1, -0.05) is 229 Å². The number of allylic oxidation sites excluding steroid dienone is 10. The van der Waals surface area contributed by atoms with Gasteiger partial charge >= 0.3 is 13.8 Å². The van der Waals surface area contributed by atoms with Gasteiger partial charge in [-0.05, 0) is 57.8 Å². The molecule has 380 valence electrons. The highest BCUT2D eigenvalue weighted by atomic mass is 31.2. The Morgan fingerprint density at radius 3 is 1.34 bits per heavy atom. The van der Waals surface area contributed by atoms with Gasteiger partial charge in [0.25, 0.3) is 0 Å². The standard InChI is InChI=1S/C56H104NO7P/c1-6-8-10-12-14-16-18-20-22-24-26-28-29-30-31-33-35-37-39-41-43-45-47-49-56(58)64-55(54-63-65(59,60)62-52-50-57(3,4)5)53-61-51-48-46-44-42-40-38-36-34-32-27-25-23-21-19-17-15-13-11-9-7-2/h8,10,14,16,20,22,26,28,30-31,55H,6-7,9,11-13,15,17-19,21,23-25,27,29,32-54H2,1-5H3/p+1/b10-8-,16-14-,22-20-,28-26-,31-30-. The Kier molecular flexibility index (Phi) is 47.3. The van der Waals surface area contributed by atoms with Crippen LogP contribution in [0.1, 0.15) is 232 Å². The van der Waals surface area contributed by atoms with E-state index in [0.717, 1.165) is 70.6 Å². The van der Waals surface area contributed by atoms with E-state index < -0.39 is 13.9 Å². The molecule has 0 aliphatic carbocycles. The van der Waals surface area contributed by atoms with Gasteiger partial charge < -0.3 is 18.9 Å². The molecule has 0 amide bonds. The van der Waals surface area contributed by atoms with Crippen LogP contribution in [0.3, 0.4) is 0 Å². The summed E-state index contributed by atoms with van der Waals surface area (Å²) >= 11 is 0. The van der Waals surface area contributed by atoms with E-state index >= 15 is 0 Å². The number of hydrogen-bond acceptors (Lipinski definition) is 6. The van der Waals surface area contributed by atoms with Crippen LogP contribution >= 0.6 is 7.82 Å². The number of phosphoric ester groups is 1. The molecule has 0 aromatic heterocycles. The van der Waals surface area contributed by atoms with Crippen LogP contribution in [0.4, 0.5) is 0 Å². The van der Waals surface area contributed by atoms with E-state index in [-0.39, 0.29) is 25.8 Å². The molecular weight excluding hydrogens is 830 g/mol. The quantitative estimate of drug-likeness (QED) is 0.0214. The van der Waals surface area contributed by atoms with E-state index in [1.54, 1.807) is 0 Å². The zero-order valence-corrected chi connectivity index (χ0v) is 44.1. The highest BCUT2D eigenvalue weighted by Crippen LogP contribution is 2.43. The lowest BCUT2D eigenvalue weighted by molar-refractivity contribution is -0.870. The normalized spacial score (nSPS) is 14.0. The summed E-state index contributed by atoms with van der Waals surface area (Å²) in [5.74, 6) is -0.322. The van der Waals surface area contributed by atoms with Crippen molar-refractivity contribution in [1.29, 1.82) is 0 Å². The summed E-state index contributed by atoms with van der Waals surface area (Å²) in [5.41, 5.74) is 0. The van der Waals surface area contributed by atoms with E-state index in [4.69, 9.17) is 18.5 Å². The molecule has 9 heteroatoms. The van der Waals surface area contributed by atoms with E-state index in [1.807, 2.05) is 21.1 Å². The van der Waals surface area contributed by atoms with Crippen LogP contribution in [0.2, 0.25) is 0 Å². The number of nitrogens with zero attached hydrogens (tertiary/aromatic N) is 1. The van der Waals surface area contributed by atoms with Gasteiger partial charge in [-0.15, -0.1) is 0 Å². The molecule has 8 nitrogen and oxygen atoms in total. The number of likely N-dealkylation sites (N-methyl/N-ethyl adjacent to an activating group) is 1. The highest BCUT2D eigenvalue weighted by molar-refractivity contribution is 7.47. The highest BCUT2D eigenvalue weighted by Gasteiger charge is 2.26. The van der Waals surface area contributed by atoms with Crippen molar-refractivity contribution in [1.82, 2.24) is 0 Å². The zero-order valence-electron chi connectivity index (χ0n) is 43.2. The summed E-state index contributed by atoms with van der Waals surface area (Å²) in [4.78, 5) is 23.0. The van der Waals surface area contributed by atoms with Gasteiger partial charge in [-0.25, -0.2) is 4.57 Å². The number of carbonyl (C=O) groups excluding carboxylic acids is 1. The molecule has 65 heavy (non-hydrogen) atoms. The molecule has 0 saturated heterocycles. The summed E-state index contributed by atoms with van der Waals surface area (Å²) in [7, 11) is 1.66. The third-order valence-corrected chi connectivity index (χ3v) is 12.6. The van der Waals surface area contributed by atoms with Crippen LogP contribution in [0.25, 0.3) is 0 Å². The van der Waals surface area contributed by atoms with E-state index in [0.29, 0.717) is 24.1 Å². The van der Waals surface area contributed by atoms with Gasteiger partial charge in [-0.3, -0.25) is 13.8 Å². The maximum Gasteiger partial charge on any atom is 0.472 e. The number of ether oxygens (including phenoxy) is 2. The summed E-state index contributed by atoms with van der Waals surface area (Å²) < 4.78 is 35.2. The number of quaternary nitrogens is 1. The second kappa shape index (κ2) is 48.6. The smallest absolute Gasteiger partial charge is 0.457 e. The Bertz CT molecular complexity index is 1220. The van der Waals surface area contributed by atoms with Crippen molar-refractivity contribution in [3.63, 3.8) is 0 Å². The number of unbranched alkanes of at least 4 members (excludes halogenated alkanes) is 26. The molecule has 1 N–H and O–H groups in total. The SMILES string of the molecule is CC/C=C\C/C=C\C/C=C\C/C=C\C/C=C\CCCCCCCCCC(=O)OC(COCCCCCCCCCCCCCCCCCCCCCC)COP(=O)(O)OCC[N+](C)(C)C. The molecule has 2 unspecified atom stereocenters. The summed E-state index contributed by atoms with van der Waals surface area (Å²) in [5, 5.41) is 0. The maximum absolute atomic E-state index is 12.8. The first kappa shape index (κ1) is 63.2. The van der Waals surface area contributed by atoms with Crippen LogP contribution in [-0.4, -0.2) is 75.6 Å². The maximum atomic E-state index is 12.8. The lowest BCUT2D eigenvalue weighted by Gasteiger charge is -2.24. The molecule has 0 rings (SSSR count). The molecular formula is C56H105NO7P+. The van der Waals surface area contributed by atoms with Crippen LogP contribution in [0.15, 0.2) is 60.8 Å². The lowest BCUT2D eigenvalue weighted by atomic mass is 10.0. The third-order valence-electron chi connectivity index (χ3n) is 11.6. The number of carbonyl (C=O) groups is 1. The van der Waals surface area contributed by atoms with Crippen molar-refractivity contribution >= 4 is 13.8 Å². The minimum absolute atomic E-state index is 0.0853. The third kappa shape index (κ3) is 53.0. The average molecular weight is 935 g/mol. The van der Waals surface area contributed by atoms with Gasteiger partial charge in [0.1, 0.15) is 19.3 Å². The van der Waals surface area contributed by atoms with Gasteiger partial charge in [-0.2, -0.15) is 0 Å². The molecule has 0 aromatic carbocycles. The molecule has 0 aromatic rings. The fourth-order valence-corrected chi connectivity index (χ4v) is 8.21. The van der Waals surface area contributed by atoms with E-state index in [1.165, 1.54) is 141 Å². The predicted molar refractivity (Wildman–Crippen MR) is 279 cm³/mol. The monoisotopic (exact) mass is 935 g/mol. The summed E-state index contributed by atoms with van der Waals surface area (Å²) in [6.45, 7) is 5.53. The van der Waals surface area contributed by atoms with Gasteiger partial charge in [0.15, 0.2) is 0 Å². The zero-order chi connectivity index (χ0) is 47.6. The second-order valence-electron chi connectivity index (χ2n) is 19.2. The predicted octanol–water partition coefficient (Wildman–Crippen LogP) is 16.8. The van der Waals surface area contributed by atoms with Crippen LogP contribution < -0.4 is 0 Å². The molecule has 0 aliphatic rings. The van der Waals surface area contributed by atoms with Crippen LogP contribution in [0, 0.1) is 0 Å². The fourth-order valence-electron chi connectivity index (χ4n) is 7.46. The van der Waals surface area contributed by atoms with Gasteiger partial charge in [0.05, 0.1) is 34.4 Å². The second-order valence-corrected chi connectivity index (χ2v) is 20.7. The molecule has 0 radical (unpaired) electrons. The first-order chi connectivity index (χ1) is 31.6. The Balaban J connectivity index is 4.14. The van der Waals surface area contributed by atoms with Crippen molar-refractivity contribution in [3.8, 4) is 0 Å². The largest absolute Gasteiger partial charge is 0.472 e. The number of hydrogen-bond donors (Lipinski definition) is 1. The Morgan fingerprint density at radius 2 is 0.892 bits per heavy atom. The van der Waals surface area contributed by atoms with Crippen molar-refractivity contribution in [2.45, 2.75) is 238 Å². The molecule has 0 saturated carbocycles. The van der Waals surface area contributed by atoms with Crippen molar-refractivity contribution in [3.05, 3.63) is 60.8 Å². The summed E-state index contributed by atoms with van der Waals surface area (Å²) in [6, 6.07) is 0. The molecule has 0 bridgehead atoms. The minimum Gasteiger partial charge on any atom is -0.457 e. The minimum atomic E-state index is -4.29. The Morgan fingerprint density at radius 1 is 0.492 bits per heavy atom. The van der Waals surface area contributed by atoms with Crippen molar-refractivity contribution in [2.24, 2.45) is 0 Å². The number of phosphoric acid groups is 1. The van der Waals surface area contributed by atoms with Crippen LogP contribution in [0.5, 0.6) is 0 Å². The van der Waals surface area contributed by atoms with Gasteiger partial charge in [0.2, 0.25) is 0 Å². The average Bonchev–Trinajstić information content (AvgIpc) is 3.27. The Hall–Kier alpha value is -1.80. The fraction of sp³-hybridized carbons (Fsp3) is 0.804. The molecule has 2 atom stereocenters. The van der Waals surface area contributed by atoms with E-state index in [2.05, 4.69) is 74.6 Å². The van der Waals surface area contributed by atoms with Crippen LogP contribution in [-0.2, 0) is 27.9 Å². The van der Waals surface area contributed by atoms with Crippen molar-refractivity contribution in [2.75, 3.05) is 54.1 Å². The Labute approximate surface area is 402 Å². The molecule has 0 heterocycles. The number of esters is 1. The lowest BCUT2D eigenvalue weighted by Crippen LogP contribution is -2.37. The van der Waals surface area contributed by atoms with E-state index in [9.17, 15) is 14.3 Å². The number of rotatable bonds is 50. The first-order valence-electron chi connectivity index (χ1n) is 27.0. The molecule has 0 aliphatic heterocycles. The van der Waals surface area contributed by atoms with Crippen molar-refractivity contribution < 1.29 is 37.3 Å². The summed E-state index contributed by atoms with van der Waals surface area (Å²) in [6.07, 6.45) is 62.7. The van der Waals surface area contributed by atoms with Gasteiger partial charge in [0, 0.05) is 13.0 Å². The molecule has 0 spiro atoms. The molecule has 0 fully saturated rings. The topological polar surface area (TPSA) is 91.3 Å².